The van der Waals surface area contributed by atoms with Crippen molar-refractivity contribution in [2.24, 2.45) is 10.6 Å². The number of nitrogens with zero attached hydrogens (tertiary/aromatic N) is 1. The number of nitrogens with one attached hydrogen (secondary N) is 1. The number of para-hydroxylation sites is 1. The summed E-state index contributed by atoms with van der Waals surface area (Å²) in [6, 6.07) is 9.75. The van der Waals surface area contributed by atoms with Gasteiger partial charge in [0, 0.05) is 24.4 Å². The molecule has 0 amide bonds. The molecule has 2 unspecified atom stereocenters. The van der Waals surface area contributed by atoms with Crippen molar-refractivity contribution in [3.8, 4) is 0 Å². The van der Waals surface area contributed by atoms with Gasteiger partial charge in [0.2, 0.25) is 0 Å². The molecule has 5 heteroatoms. The molecule has 0 bridgehead atoms. The fourth-order valence-corrected chi connectivity index (χ4v) is 3.08. The summed E-state index contributed by atoms with van der Waals surface area (Å²) in [5.41, 5.74) is 2.57. The van der Waals surface area contributed by atoms with Gasteiger partial charge in [-0.25, -0.2) is 0 Å². The van der Waals surface area contributed by atoms with Gasteiger partial charge in [-0.05, 0) is 24.6 Å². The van der Waals surface area contributed by atoms with Crippen molar-refractivity contribution in [1.29, 1.82) is 0 Å². The van der Waals surface area contributed by atoms with Crippen molar-refractivity contribution in [3.05, 3.63) is 42.0 Å². The Balaban J connectivity index is 2.42. The van der Waals surface area contributed by atoms with Crippen LogP contribution in [0.15, 0.2) is 47.1 Å². The number of anilines is 1. The number of ether oxygens (including phenoxy) is 1. The maximum absolute atomic E-state index is 11.7. The van der Waals surface area contributed by atoms with Crippen LogP contribution in [0.1, 0.15) is 34.1 Å². The molecule has 0 aliphatic heterocycles. The quantitative estimate of drug-likeness (QED) is 0.674. The third-order valence-corrected chi connectivity index (χ3v) is 4.21. The Bertz CT molecular complexity index is 635. The van der Waals surface area contributed by atoms with E-state index in [0.717, 1.165) is 17.0 Å². The van der Waals surface area contributed by atoms with E-state index < -0.39 is 0 Å². The van der Waals surface area contributed by atoms with Gasteiger partial charge in [0.15, 0.2) is 0 Å². The Hall–Kier alpha value is -2.30. The zero-order valence-corrected chi connectivity index (χ0v) is 15.0. The Morgan fingerprint density at radius 2 is 1.96 bits per heavy atom. The first-order valence-electron chi connectivity index (χ1n) is 8.11. The van der Waals surface area contributed by atoms with E-state index in [1.54, 1.807) is 7.11 Å². The van der Waals surface area contributed by atoms with Crippen molar-refractivity contribution in [1.82, 2.24) is 0 Å². The molecule has 2 atom stereocenters. The smallest absolute Gasteiger partial charge is 0.303 e. The summed E-state index contributed by atoms with van der Waals surface area (Å²) >= 11 is 0. The van der Waals surface area contributed by atoms with Crippen LogP contribution in [0, 0.1) is 5.41 Å². The molecule has 1 N–H and O–H groups in total. The van der Waals surface area contributed by atoms with Crippen molar-refractivity contribution in [3.63, 3.8) is 0 Å². The Morgan fingerprint density at radius 3 is 2.54 bits per heavy atom. The highest BCUT2D eigenvalue weighted by molar-refractivity contribution is 6.00. The zero-order chi connectivity index (χ0) is 17.7. The second-order valence-corrected chi connectivity index (χ2v) is 6.80. The monoisotopic (exact) mass is 330 g/mol. The van der Waals surface area contributed by atoms with E-state index in [0.29, 0.717) is 6.42 Å². The van der Waals surface area contributed by atoms with Crippen LogP contribution in [0.4, 0.5) is 5.69 Å². The molecule has 130 valence electrons. The lowest BCUT2D eigenvalue weighted by Gasteiger charge is -2.36. The van der Waals surface area contributed by atoms with Crippen LogP contribution in [0.3, 0.4) is 0 Å². The highest BCUT2D eigenvalue weighted by atomic mass is 16.6. The Kier molecular flexibility index (Phi) is 5.65. The second-order valence-electron chi connectivity index (χ2n) is 6.80. The van der Waals surface area contributed by atoms with E-state index in [1.807, 2.05) is 37.3 Å². The maximum atomic E-state index is 11.7. The number of hydrogen-bond donors (Lipinski definition) is 1. The third-order valence-electron chi connectivity index (χ3n) is 4.21. The van der Waals surface area contributed by atoms with Gasteiger partial charge >= 0.3 is 5.97 Å². The van der Waals surface area contributed by atoms with Crippen molar-refractivity contribution in [2.45, 2.75) is 46.3 Å². The van der Waals surface area contributed by atoms with Gasteiger partial charge in [0.1, 0.15) is 13.2 Å². The predicted octanol–water partition coefficient (Wildman–Crippen LogP) is 3.78. The molecular weight excluding hydrogens is 304 g/mol. The number of carbonyl (C=O) groups excluding carboxylic acids is 1. The number of esters is 1. The summed E-state index contributed by atoms with van der Waals surface area (Å²) in [7, 11) is 1.54. The first-order chi connectivity index (χ1) is 11.3. The van der Waals surface area contributed by atoms with Gasteiger partial charge in [0.05, 0.1) is 11.8 Å². The number of hydrogen-bond acceptors (Lipinski definition) is 5. The molecule has 1 aliphatic rings. The van der Waals surface area contributed by atoms with Crippen LogP contribution in [0.25, 0.3) is 0 Å². The maximum Gasteiger partial charge on any atom is 0.303 e. The summed E-state index contributed by atoms with van der Waals surface area (Å²) < 4.78 is 5.70. The lowest BCUT2D eigenvalue weighted by molar-refractivity contribution is -0.152. The van der Waals surface area contributed by atoms with Gasteiger partial charge in [0.25, 0.3) is 0 Å². The summed E-state index contributed by atoms with van der Waals surface area (Å²) in [5.74, 6) is -0.286. The Labute approximate surface area is 143 Å². The number of benzene rings is 1. The van der Waals surface area contributed by atoms with Crippen LogP contribution in [-0.2, 0) is 14.4 Å². The molecule has 0 spiro atoms. The topological polar surface area (TPSA) is 59.9 Å². The van der Waals surface area contributed by atoms with Gasteiger partial charge in [-0.1, -0.05) is 43.3 Å². The fraction of sp³-hybridized carbons (Fsp3) is 0.474. The molecule has 1 aliphatic carbocycles. The van der Waals surface area contributed by atoms with Crippen LogP contribution in [0.5, 0.6) is 0 Å². The van der Waals surface area contributed by atoms with Crippen LogP contribution in [0.2, 0.25) is 0 Å². The average molecular weight is 330 g/mol. The van der Waals surface area contributed by atoms with E-state index >= 15 is 0 Å². The first kappa shape index (κ1) is 18.0. The van der Waals surface area contributed by atoms with Crippen LogP contribution >= 0.6 is 0 Å². The minimum absolute atomic E-state index is 0.157. The number of oxime groups is 1. The van der Waals surface area contributed by atoms with Crippen molar-refractivity contribution >= 4 is 17.4 Å². The summed E-state index contributed by atoms with van der Waals surface area (Å²) in [6.45, 7) is 7.61. The third kappa shape index (κ3) is 4.37. The van der Waals surface area contributed by atoms with E-state index in [-0.39, 0.29) is 23.5 Å². The molecular formula is C19H26N2O3. The molecule has 0 saturated heterocycles. The lowest BCUT2D eigenvalue weighted by Crippen LogP contribution is -2.45. The standard InChI is InChI=1S/C19H26N2O3/c1-13-11-16(20-15-9-7-6-8-10-15)18(24-14(2)22)19(3,4)12-17(13)21-23-5/h6-11,16,18,20H,12H2,1-5H3/b21-17+. The molecule has 0 saturated carbocycles. The molecule has 2 rings (SSSR count). The van der Waals surface area contributed by atoms with Crippen molar-refractivity contribution < 1.29 is 14.4 Å². The molecule has 0 fully saturated rings. The first-order valence-corrected chi connectivity index (χ1v) is 8.11. The molecule has 0 heterocycles. The lowest BCUT2D eigenvalue weighted by atomic mass is 9.79. The number of rotatable bonds is 4. The Morgan fingerprint density at radius 1 is 1.29 bits per heavy atom. The van der Waals surface area contributed by atoms with E-state index in [9.17, 15) is 4.79 Å². The van der Waals surface area contributed by atoms with Crippen LogP contribution < -0.4 is 5.32 Å². The largest absolute Gasteiger partial charge is 0.459 e. The second kappa shape index (κ2) is 7.51. The van der Waals surface area contributed by atoms with Gasteiger partial charge in [-0.3, -0.25) is 4.79 Å². The number of carbonyl (C=O) groups is 1. The van der Waals surface area contributed by atoms with Crippen LogP contribution in [-0.4, -0.2) is 30.9 Å². The molecule has 24 heavy (non-hydrogen) atoms. The summed E-state index contributed by atoms with van der Waals surface area (Å²) in [4.78, 5) is 16.7. The summed E-state index contributed by atoms with van der Waals surface area (Å²) in [5, 5.41) is 7.63. The van der Waals surface area contributed by atoms with E-state index in [2.05, 4.69) is 30.4 Å². The minimum Gasteiger partial charge on any atom is -0.459 e. The zero-order valence-electron chi connectivity index (χ0n) is 15.0. The van der Waals surface area contributed by atoms with E-state index in [1.165, 1.54) is 6.92 Å². The molecule has 0 aromatic heterocycles. The molecule has 1 aromatic carbocycles. The average Bonchev–Trinajstić information content (AvgIpc) is 2.59. The van der Waals surface area contributed by atoms with Gasteiger partial charge in [-0.15, -0.1) is 0 Å². The molecule has 1 aromatic rings. The normalized spacial score (nSPS) is 24.7. The molecule has 0 radical (unpaired) electrons. The molecule has 5 nitrogen and oxygen atoms in total. The highest BCUT2D eigenvalue weighted by Gasteiger charge is 2.41. The summed E-state index contributed by atoms with van der Waals surface area (Å²) in [6.07, 6.45) is 2.40. The fourth-order valence-electron chi connectivity index (χ4n) is 3.08. The predicted molar refractivity (Wildman–Crippen MR) is 96.0 cm³/mol. The van der Waals surface area contributed by atoms with E-state index in [4.69, 9.17) is 9.57 Å². The van der Waals surface area contributed by atoms with Gasteiger partial charge in [-0.2, -0.15) is 0 Å². The van der Waals surface area contributed by atoms with Crippen molar-refractivity contribution in [2.75, 3.05) is 12.4 Å². The minimum atomic E-state index is -0.324. The van der Waals surface area contributed by atoms with Gasteiger partial charge < -0.3 is 14.9 Å². The SMILES string of the molecule is CO/N=C1\CC(C)(C)C(OC(C)=O)C(Nc2ccccc2)C=C1C. The highest BCUT2D eigenvalue weighted by Crippen LogP contribution is 2.36. The number of allylic oxidation sites excluding steroid dienone is 1.